The Morgan fingerprint density at radius 1 is 1.47 bits per heavy atom. The van der Waals surface area contributed by atoms with Gasteiger partial charge in [0.05, 0.1) is 13.7 Å². The Morgan fingerprint density at radius 2 is 2.11 bits per heavy atom. The third-order valence-corrected chi connectivity index (χ3v) is 3.81. The highest BCUT2D eigenvalue weighted by molar-refractivity contribution is 7.19. The summed E-state index contributed by atoms with van der Waals surface area (Å²) < 4.78 is 10.3. The van der Waals surface area contributed by atoms with Crippen molar-refractivity contribution >= 4 is 28.0 Å². The number of nitrogen functional groups attached to an aromatic ring is 1. The quantitative estimate of drug-likeness (QED) is 0.814. The molecule has 6 heteroatoms. The smallest absolute Gasteiger partial charge is 0.350 e. The molecule has 5 nitrogen and oxygen atoms in total. The Hall–Kier alpha value is -1.43. The second kappa shape index (κ2) is 6.65. The summed E-state index contributed by atoms with van der Waals surface area (Å²) in [5.41, 5.74) is 6.33. The summed E-state index contributed by atoms with van der Waals surface area (Å²) >= 11 is 1.31. The van der Waals surface area contributed by atoms with Crippen LogP contribution in [0.4, 0.5) is 10.7 Å². The maximum atomic E-state index is 11.8. The van der Waals surface area contributed by atoms with Gasteiger partial charge in [-0.25, -0.2) is 4.79 Å². The standard InChI is InChI=1S/C13H22N2O3S/c1-6-18-13(16)11-9(14)10(17-5)12(19-11)15(4)7-8(2)3/h8H,6-7,14H2,1-5H3. The lowest BCUT2D eigenvalue weighted by atomic mass is 10.2. The molecule has 0 fully saturated rings. The molecule has 0 aliphatic carbocycles. The average molecular weight is 286 g/mol. The van der Waals surface area contributed by atoms with E-state index in [-0.39, 0.29) is 0 Å². The summed E-state index contributed by atoms with van der Waals surface area (Å²) in [5, 5.41) is 0.858. The number of carbonyl (C=O) groups excluding carboxylic acids is 1. The summed E-state index contributed by atoms with van der Waals surface area (Å²) in [4.78, 5) is 14.3. The molecule has 1 heterocycles. The molecule has 0 atom stereocenters. The Balaban J connectivity index is 3.11. The first-order valence-corrected chi connectivity index (χ1v) is 7.08. The molecule has 0 aliphatic heterocycles. The van der Waals surface area contributed by atoms with E-state index in [1.807, 2.05) is 11.9 Å². The van der Waals surface area contributed by atoms with Crippen LogP contribution in [0.1, 0.15) is 30.4 Å². The minimum Gasteiger partial charge on any atom is -0.492 e. The molecule has 0 unspecified atom stereocenters. The van der Waals surface area contributed by atoms with Crippen molar-refractivity contribution in [3.05, 3.63) is 4.88 Å². The summed E-state index contributed by atoms with van der Waals surface area (Å²) in [5.74, 6) is 0.660. The zero-order valence-corrected chi connectivity index (χ0v) is 13.0. The van der Waals surface area contributed by atoms with Crippen molar-refractivity contribution in [1.29, 1.82) is 0 Å². The van der Waals surface area contributed by atoms with Crippen molar-refractivity contribution in [3.8, 4) is 5.75 Å². The van der Waals surface area contributed by atoms with E-state index in [1.54, 1.807) is 14.0 Å². The predicted octanol–water partition coefficient (Wildman–Crippen LogP) is 2.61. The Bertz CT molecular complexity index is 443. The fourth-order valence-corrected chi connectivity index (χ4v) is 2.90. The van der Waals surface area contributed by atoms with E-state index >= 15 is 0 Å². The number of ether oxygens (including phenoxy) is 2. The number of esters is 1. The van der Waals surface area contributed by atoms with Crippen LogP contribution in [0.15, 0.2) is 0 Å². The molecule has 0 saturated heterocycles. The fourth-order valence-electron chi connectivity index (χ4n) is 1.84. The Kier molecular flexibility index (Phi) is 5.47. The van der Waals surface area contributed by atoms with Crippen LogP contribution in [0.5, 0.6) is 5.75 Å². The molecule has 2 N–H and O–H groups in total. The molecule has 0 bridgehead atoms. The van der Waals surface area contributed by atoms with Crippen molar-refractivity contribution in [2.75, 3.05) is 37.9 Å². The second-order valence-electron chi connectivity index (χ2n) is 4.68. The van der Waals surface area contributed by atoms with Gasteiger partial charge in [-0.1, -0.05) is 13.8 Å². The first-order chi connectivity index (χ1) is 8.92. The lowest BCUT2D eigenvalue weighted by Gasteiger charge is -2.20. The van der Waals surface area contributed by atoms with Gasteiger partial charge in [-0.2, -0.15) is 0 Å². The van der Waals surface area contributed by atoms with Crippen LogP contribution in [-0.4, -0.2) is 33.3 Å². The monoisotopic (exact) mass is 286 g/mol. The summed E-state index contributed by atoms with van der Waals surface area (Å²) in [6.45, 7) is 7.22. The number of nitrogens with zero attached hydrogens (tertiary/aromatic N) is 1. The van der Waals surface area contributed by atoms with E-state index in [4.69, 9.17) is 15.2 Å². The molecule has 19 heavy (non-hydrogen) atoms. The zero-order chi connectivity index (χ0) is 14.6. The molecule has 0 amide bonds. The zero-order valence-electron chi connectivity index (χ0n) is 12.1. The fraction of sp³-hybridized carbons (Fsp3) is 0.615. The lowest BCUT2D eigenvalue weighted by molar-refractivity contribution is 0.0533. The van der Waals surface area contributed by atoms with Gasteiger partial charge in [-0.3, -0.25) is 0 Å². The maximum Gasteiger partial charge on any atom is 0.350 e. The largest absolute Gasteiger partial charge is 0.492 e. The number of carbonyl (C=O) groups is 1. The number of nitrogens with two attached hydrogens (primary N) is 1. The molecule has 108 valence electrons. The van der Waals surface area contributed by atoms with Gasteiger partial charge in [0.1, 0.15) is 15.6 Å². The molecular weight excluding hydrogens is 264 g/mol. The highest BCUT2D eigenvalue weighted by Crippen LogP contribution is 2.44. The maximum absolute atomic E-state index is 11.8. The molecule has 0 aliphatic rings. The normalized spacial score (nSPS) is 10.6. The Labute approximate surface area is 118 Å². The number of anilines is 2. The molecule has 1 rings (SSSR count). The molecular formula is C13H22N2O3S. The summed E-state index contributed by atoms with van der Waals surface area (Å²) in [6.07, 6.45) is 0. The van der Waals surface area contributed by atoms with Crippen LogP contribution in [-0.2, 0) is 4.74 Å². The van der Waals surface area contributed by atoms with Crippen molar-refractivity contribution < 1.29 is 14.3 Å². The topological polar surface area (TPSA) is 64.8 Å². The average Bonchev–Trinajstić information content (AvgIpc) is 2.65. The van der Waals surface area contributed by atoms with Crippen LogP contribution >= 0.6 is 11.3 Å². The predicted molar refractivity (Wildman–Crippen MR) is 79.3 cm³/mol. The van der Waals surface area contributed by atoms with E-state index in [2.05, 4.69) is 13.8 Å². The Morgan fingerprint density at radius 3 is 2.58 bits per heavy atom. The molecule has 1 aromatic rings. The van der Waals surface area contributed by atoms with Gasteiger partial charge in [0.2, 0.25) is 0 Å². The van der Waals surface area contributed by atoms with Gasteiger partial charge in [0.15, 0.2) is 5.75 Å². The van der Waals surface area contributed by atoms with Crippen molar-refractivity contribution in [2.24, 2.45) is 5.92 Å². The molecule has 0 saturated carbocycles. The van der Waals surface area contributed by atoms with Crippen molar-refractivity contribution in [2.45, 2.75) is 20.8 Å². The van der Waals surface area contributed by atoms with E-state index in [9.17, 15) is 4.79 Å². The highest BCUT2D eigenvalue weighted by atomic mass is 32.1. The van der Waals surface area contributed by atoms with Gasteiger partial charge >= 0.3 is 5.97 Å². The summed E-state index contributed by atoms with van der Waals surface area (Å²) in [7, 11) is 3.52. The number of hydrogen-bond donors (Lipinski definition) is 1. The van der Waals surface area contributed by atoms with Gasteiger partial charge in [-0.05, 0) is 12.8 Å². The van der Waals surface area contributed by atoms with E-state index < -0.39 is 5.97 Å². The van der Waals surface area contributed by atoms with Crippen LogP contribution < -0.4 is 15.4 Å². The van der Waals surface area contributed by atoms with E-state index in [0.717, 1.165) is 11.5 Å². The van der Waals surface area contributed by atoms with Gasteiger partial charge in [-0.15, -0.1) is 11.3 Å². The SMILES string of the molecule is CCOC(=O)c1sc(N(C)CC(C)C)c(OC)c1N. The molecule has 1 aromatic heterocycles. The minimum atomic E-state index is -0.396. The van der Waals surface area contributed by atoms with Crippen LogP contribution in [0.3, 0.4) is 0 Å². The summed E-state index contributed by atoms with van der Waals surface area (Å²) in [6, 6.07) is 0. The minimum absolute atomic E-state index is 0.329. The van der Waals surface area contributed by atoms with Crippen LogP contribution in [0.2, 0.25) is 0 Å². The van der Waals surface area contributed by atoms with Gasteiger partial charge in [0, 0.05) is 13.6 Å². The number of rotatable bonds is 6. The number of hydrogen-bond acceptors (Lipinski definition) is 6. The number of methoxy groups -OCH3 is 1. The number of thiophene rings is 1. The lowest BCUT2D eigenvalue weighted by Crippen LogP contribution is -2.21. The van der Waals surface area contributed by atoms with E-state index in [1.165, 1.54) is 11.3 Å². The molecule has 0 radical (unpaired) electrons. The third-order valence-electron chi connectivity index (χ3n) is 2.53. The van der Waals surface area contributed by atoms with Crippen LogP contribution in [0.25, 0.3) is 0 Å². The van der Waals surface area contributed by atoms with Crippen molar-refractivity contribution in [1.82, 2.24) is 0 Å². The van der Waals surface area contributed by atoms with Gasteiger partial charge in [0.25, 0.3) is 0 Å². The third kappa shape index (κ3) is 3.53. The first kappa shape index (κ1) is 15.6. The second-order valence-corrected chi connectivity index (χ2v) is 5.68. The highest BCUT2D eigenvalue weighted by Gasteiger charge is 2.24. The molecule has 0 aromatic carbocycles. The van der Waals surface area contributed by atoms with Crippen LogP contribution in [0, 0.1) is 5.92 Å². The van der Waals surface area contributed by atoms with E-state index in [0.29, 0.717) is 28.8 Å². The molecule has 0 spiro atoms. The van der Waals surface area contributed by atoms with Crippen molar-refractivity contribution in [3.63, 3.8) is 0 Å². The van der Waals surface area contributed by atoms with Gasteiger partial charge < -0.3 is 20.1 Å². The first-order valence-electron chi connectivity index (χ1n) is 6.26.